The molecule has 0 unspecified atom stereocenters. The molecule has 1 aromatic rings. The van der Waals surface area contributed by atoms with Gasteiger partial charge < -0.3 is 4.74 Å². The highest BCUT2D eigenvalue weighted by atomic mass is 35.5. The highest BCUT2D eigenvalue weighted by molar-refractivity contribution is 6.30. The van der Waals surface area contributed by atoms with Gasteiger partial charge in [0.2, 0.25) is 5.91 Å². The molecular weight excluding hydrogens is 309 g/mol. The van der Waals surface area contributed by atoms with Gasteiger partial charge in [0.1, 0.15) is 12.4 Å². The van der Waals surface area contributed by atoms with Crippen LogP contribution in [0.15, 0.2) is 18.2 Å². The molecule has 1 saturated heterocycles. The van der Waals surface area contributed by atoms with Crippen LogP contribution in [0.4, 0.5) is 9.18 Å². The van der Waals surface area contributed by atoms with Gasteiger partial charge in [0, 0.05) is 5.92 Å². The van der Waals surface area contributed by atoms with Gasteiger partial charge in [0.05, 0.1) is 11.1 Å². The van der Waals surface area contributed by atoms with Crippen LogP contribution in [0.3, 0.4) is 0 Å². The van der Waals surface area contributed by atoms with Gasteiger partial charge in [-0.25, -0.2) is 14.1 Å². The van der Waals surface area contributed by atoms with Crippen LogP contribution < -0.4 is 0 Å². The number of halogens is 2. The lowest BCUT2D eigenvalue weighted by Gasteiger charge is -2.25. The number of cyclic esters (lactones) is 1. The second-order valence-corrected chi connectivity index (χ2v) is 6.36. The van der Waals surface area contributed by atoms with Crippen LogP contribution in [0.2, 0.25) is 5.02 Å². The summed E-state index contributed by atoms with van der Waals surface area (Å²) in [5.74, 6) is -1.14. The Morgan fingerprint density at radius 1 is 1.45 bits per heavy atom. The van der Waals surface area contributed by atoms with E-state index in [1.54, 1.807) is 13.0 Å². The minimum Gasteiger partial charge on any atom is -0.447 e. The third-order valence-electron chi connectivity index (χ3n) is 3.86. The molecule has 2 atom stereocenters. The summed E-state index contributed by atoms with van der Waals surface area (Å²) in [6, 6.07) is 4.21. The zero-order valence-electron chi connectivity index (χ0n) is 12.8. The van der Waals surface area contributed by atoms with Crippen LogP contribution in [0.5, 0.6) is 0 Å². The maximum absolute atomic E-state index is 13.5. The average molecular weight is 328 g/mol. The third kappa shape index (κ3) is 3.40. The van der Waals surface area contributed by atoms with Crippen LogP contribution in [0.25, 0.3) is 0 Å². The van der Waals surface area contributed by atoms with Crippen molar-refractivity contribution in [1.82, 2.24) is 4.90 Å². The number of benzene rings is 1. The van der Waals surface area contributed by atoms with Crippen molar-refractivity contribution in [3.63, 3.8) is 0 Å². The number of nitrogens with zero attached hydrogens (tertiary/aromatic N) is 1. The summed E-state index contributed by atoms with van der Waals surface area (Å²) in [5.41, 5.74) is 0.663. The SMILES string of the molecule is CC(C)[C@@H]1COC(=O)N1C(=O)[C@H](C)Cc1ccc(Cl)c(F)c1. The number of hydrogen-bond donors (Lipinski definition) is 0. The van der Waals surface area contributed by atoms with E-state index in [0.29, 0.717) is 12.0 Å². The molecule has 1 fully saturated rings. The van der Waals surface area contributed by atoms with Crippen LogP contribution >= 0.6 is 11.6 Å². The molecule has 0 N–H and O–H groups in total. The fraction of sp³-hybridized carbons (Fsp3) is 0.500. The Kier molecular flexibility index (Phi) is 5.06. The lowest BCUT2D eigenvalue weighted by atomic mass is 9.97. The number of amides is 2. The number of rotatable bonds is 4. The molecule has 0 saturated carbocycles. The summed E-state index contributed by atoms with van der Waals surface area (Å²) in [6.07, 6.45) is -0.264. The van der Waals surface area contributed by atoms with Gasteiger partial charge in [-0.1, -0.05) is 38.4 Å². The second kappa shape index (κ2) is 6.65. The van der Waals surface area contributed by atoms with Crippen molar-refractivity contribution in [2.75, 3.05) is 6.61 Å². The predicted molar refractivity (Wildman–Crippen MR) is 81.1 cm³/mol. The molecule has 2 rings (SSSR count). The van der Waals surface area contributed by atoms with Crippen molar-refractivity contribution >= 4 is 23.6 Å². The van der Waals surface area contributed by atoms with Crippen molar-refractivity contribution in [3.05, 3.63) is 34.6 Å². The molecule has 22 heavy (non-hydrogen) atoms. The Balaban J connectivity index is 2.11. The molecule has 0 spiro atoms. The van der Waals surface area contributed by atoms with E-state index < -0.39 is 17.8 Å². The smallest absolute Gasteiger partial charge is 0.416 e. The molecule has 120 valence electrons. The van der Waals surface area contributed by atoms with E-state index in [-0.39, 0.29) is 29.5 Å². The monoisotopic (exact) mass is 327 g/mol. The first-order chi connectivity index (χ1) is 10.3. The zero-order chi connectivity index (χ0) is 16.4. The van der Waals surface area contributed by atoms with Crippen molar-refractivity contribution in [1.29, 1.82) is 0 Å². The van der Waals surface area contributed by atoms with E-state index in [0.717, 1.165) is 0 Å². The van der Waals surface area contributed by atoms with Gasteiger partial charge in [0.25, 0.3) is 0 Å². The lowest BCUT2D eigenvalue weighted by molar-refractivity contribution is -0.133. The molecule has 2 amide bonds. The molecule has 1 aromatic carbocycles. The highest BCUT2D eigenvalue weighted by Gasteiger charge is 2.40. The van der Waals surface area contributed by atoms with E-state index in [1.807, 2.05) is 13.8 Å². The number of carbonyl (C=O) groups is 2. The second-order valence-electron chi connectivity index (χ2n) is 5.95. The van der Waals surface area contributed by atoms with E-state index in [2.05, 4.69) is 0 Å². The van der Waals surface area contributed by atoms with Crippen LogP contribution in [-0.2, 0) is 16.0 Å². The number of hydrogen-bond acceptors (Lipinski definition) is 3. The number of ether oxygens (including phenoxy) is 1. The summed E-state index contributed by atoms with van der Waals surface area (Å²) in [6.45, 7) is 5.82. The standard InChI is InChI=1S/C16H19ClFNO3/c1-9(2)14-8-22-16(21)19(14)15(20)10(3)6-11-4-5-12(17)13(18)7-11/h4-5,7,9-10,14H,6,8H2,1-3H3/t10-,14+/m1/s1. The third-order valence-corrected chi connectivity index (χ3v) is 4.17. The van der Waals surface area contributed by atoms with Gasteiger partial charge in [0.15, 0.2) is 0 Å². The molecule has 4 nitrogen and oxygen atoms in total. The summed E-state index contributed by atoms with van der Waals surface area (Å²) >= 11 is 5.65. The number of carbonyl (C=O) groups excluding carboxylic acids is 2. The zero-order valence-corrected chi connectivity index (χ0v) is 13.6. The fourth-order valence-corrected chi connectivity index (χ4v) is 2.64. The van der Waals surface area contributed by atoms with Gasteiger partial charge in [-0.15, -0.1) is 0 Å². The van der Waals surface area contributed by atoms with Crippen LogP contribution in [0.1, 0.15) is 26.3 Å². The molecule has 1 aliphatic rings. The number of imide groups is 1. The molecule has 0 radical (unpaired) electrons. The van der Waals surface area contributed by atoms with E-state index in [9.17, 15) is 14.0 Å². The van der Waals surface area contributed by atoms with Crippen molar-refractivity contribution in [2.45, 2.75) is 33.2 Å². The molecule has 0 aliphatic carbocycles. The largest absolute Gasteiger partial charge is 0.447 e. The maximum Gasteiger partial charge on any atom is 0.416 e. The van der Waals surface area contributed by atoms with Crippen LogP contribution in [0, 0.1) is 17.7 Å². The normalized spacial score (nSPS) is 19.5. The minimum absolute atomic E-state index is 0.0470. The van der Waals surface area contributed by atoms with Crippen molar-refractivity contribution in [3.8, 4) is 0 Å². The molecule has 0 aromatic heterocycles. The first kappa shape index (κ1) is 16.7. The average Bonchev–Trinajstić information content (AvgIpc) is 2.84. The Hall–Kier alpha value is -1.62. The minimum atomic E-state index is -0.599. The van der Waals surface area contributed by atoms with Crippen LogP contribution in [-0.4, -0.2) is 29.5 Å². The van der Waals surface area contributed by atoms with Gasteiger partial charge in [-0.05, 0) is 30.0 Å². The predicted octanol–water partition coefficient (Wildman–Crippen LogP) is 3.66. The van der Waals surface area contributed by atoms with Gasteiger partial charge in [-0.3, -0.25) is 4.79 Å². The Labute approximate surface area is 134 Å². The van der Waals surface area contributed by atoms with E-state index >= 15 is 0 Å². The lowest BCUT2D eigenvalue weighted by Crippen LogP contribution is -2.44. The maximum atomic E-state index is 13.5. The summed E-state index contributed by atoms with van der Waals surface area (Å²) in [7, 11) is 0. The van der Waals surface area contributed by atoms with Gasteiger partial charge >= 0.3 is 6.09 Å². The molecule has 1 heterocycles. The molecule has 0 bridgehead atoms. The molecule has 6 heteroatoms. The molecule has 1 aliphatic heterocycles. The quantitative estimate of drug-likeness (QED) is 0.847. The Morgan fingerprint density at radius 2 is 2.14 bits per heavy atom. The van der Waals surface area contributed by atoms with Crippen molar-refractivity contribution in [2.24, 2.45) is 11.8 Å². The van der Waals surface area contributed by atoms with Crippen molar-refractivity contribution < 1.29 is 18.7 Å². The summed E-state index contributed by atoms with van der Waals surface area (Å²) in [5, 5.41) is 0.0470. The first-order valence-corrected chi connectivity index (χ1v) is 7.62. The topological polar surface area (TPSA) is 46.6 Å². The molecular formula is C16H19ClFNO3. The Bertz CT molecular complexity index is 591. The summed E-state index contributed by atoms with van der Waals surface area (Å²) in [4.78, 5) is 25.5. The van der Waals surface area contributed by atoms with E-state index in [4.69, 9.17) is 16.3 Å². The summed E-state index contributed by atoms with van der Waals surface area (Å²) < 4.78 is 18.4. The highest BCUT2D eigenvalue weighted by Crippen LogP contribution is 2.24. The first-order valence-electron chi connectivity index (χ1n) is 7.25. The Morgan fingerprint density at radius 3 is 2.73 bits per heavy atom. The van der Waals surface area contributed by atoms with E-state index in [1.165, 1.54) is 17.0 Å². The fourth-order valence-electron chi connectivity index (χ4n) is 2.53. The van der Waals surface area contributed by atoms with Gasteiger partial charge in [-0.2, -0.15) is 0 Å².